The molecule has 0 radical (unpaired) electrons. The summed E-state index contributed by atoms with van der Waals surface area (Å²) in [6, 6.07) is 5.55. The van der Waals surface area contributed by atoms with Gasteiger partial charge in [0, 0.05) is 19.2 Å². The summed E-state index contributed by atoms with van der Waals surface area (Å²) < 4.78 is 5.07. The van der Waals surface area contributed by atoms with Crippen molar-refractivity contribution in [2.75, 3.05) is 13.7 Å². The zero-order valence-corrected chi connectivity index (χ0v) is 9.70. The SMILES string of the molecule is COc1ccc(CN2CC=CC2=O)cc1Cl. The minimum absolute atomic E-state index is 0.0481. The summed E-state index contributed by atoms with van der Waals surface area (Å²) in [5.74, 6) is 0.697. The van der Waals surface area contributed by atoms with E-state index in [1.54, 1.807) is 18.1 Å². The first-order valence-electron chi connectivity index (χ1n) is 4.98. The van der Waals surface area contributed by atoms with Crippen molar-refractivity contribution < 1.29 is 9.53 Å². The Morgan fingerprint density at radius 1 is 1.50 bits per heavy atom. The van der Waals surface area contributed by atoms with E-state index in [4.69, 9.17) is 16.3 Å². The number of nitrogens with zero attached hydrogens (tertiary/aromatic N) is 1. The number of rotatable bonds is 3. The smallest absolute Gasteiger partial charge is 0.246 e. The Morgan fingerprint density at radius 3 is 2.88 bits per heavy atom. The highest BCUT2D eigenvalue weighted by Crippen LogP contribution is 2.25. The summed E-state index contributed by atoms with van der Waals surface area (Å²) in [6.07, 6.45) is 3.44. The van der Waals surface area contributed by atoms with Gasteiger partial charge in [-0.25, -0.2) is 0 Å². The lowest BCUT2D eigenvalue weighted by molar-refractivity contribution is -0.125. The van der Waals surface area contributed by atoms with Crippen LogP contribution in [0.15, 0.2) is 30.4 Å². The predicted octanol–water partition coefficient (Wildman–Crippen LogP) is 2.25. The number of methoxy groups -OCH3 is 1. The summed E-state index contributed by atoms with van der Waals surface area (Å²) in [5, 5.41) is 0.569. The number of amides is 1. The Bertz CT molecular complexity index is 443. The second kappa shape index (κ2) is 4.58. The monoisotopic (exact) mass is 237 g/mol. The molecule has 1 aromatic rings. The lowest BCUT2D eigenvalue weighted by atomic mass is 10.2. The number of halogens is 1. The van der Waals surface area contributed by atoms with E-state index in [0.717, 1.165) is 5.56 Å². The predicted molar refractivity (Wildman–Crippen MR) is 62.6 cm³/mol. The van der Waals surface area contributed by atoms with E-state index in [-0.39, 0.29) is 5.91 Å². The van der Waals surface area contributed by atoms with E-state index in [1.165, 1.54) is 0 Å². The van der Waals surface area contributed by atoms with Crippen LogP contribution < -0.4 is 4.74 Å². The molecule has 0 N–H and O–H groups in total. The van der Waals surface area contributed by atoms with E-state index in [9.17, 15) is 4.79 Å². The highest BCUT2D eigenvalue weighted by atomic mass is 35.5. The standard InChI is InChI=1S/C12H12ClNO2/c1-16-11-5-4-9(7-10(11)13)8-14-6-2-3-12(14)15/h2-5,7H,6,8H2,1H3. The van der Waals surface area contributed by atoms with Crippen molar-refractivity contribution in [3.8, 4) is 5.75 Å². The molecule has 1 aliphatic heterocycles. The van der Waals surface area contributed by atoms with Crippen molar-refractivity contribution >= 4 is 17.5 Å². The van der Waals surface area contributed by atoms with Crippen LogP contribution in [0.25, 0.3) is 0 Å². The molecule has 1 amide bonds. The average molecular weight is 238 g/mol. The third-order valence-electron chi connectivity index (χ3n) is 2.49. The third kappa shape index (κ3) is 2.19. The van der Waals surface area contributed by atoms with Crippen molar-refractivity contribution in [3.05, 3.63) is 40.9 Å². The fourth-order valence-corrected chi connectivity index (χ4v) is 1.93. The molecule has 0 unspecified atom stereocenters. The molecule has 0 fully saturated rings. The summed E-state index contributed by atoms with van der Waals surface area (Å²) in [7, 11) is 1.58. The molecule has 0 atom stereocenters. The highest BCUT2D eigenvalue weighted by Gasteiger charge is 2.15. The Balaban J connectivity index is 2.10. The number of hydrogen-bond acceptors (Lipinski definition) is 2. The fourth-order valence-electron chi connectivity index (χ4n) is 1.65. The molecule has 1 heterocycles. The lowest BCUT2D eigenvalue weighted by Crippen LogP contribution is -2.24. The zero-order chi connectivity index (χ0) is 11.5. The van der Waals surface area contributed by atoms with Gasteiger partial charge in [0.25, 0.3) is 0 Å². The normalized spacial score (nSPS) is 14.6. The van der Waals surface area contributed by atoms with Crippen LogP contribution in [-0.4, -0.2) is 24.5 Å². The first-order chi connectivity index (χ1) is 7.70. The van der Waals surface area contributed by atoms with Crippen molar-refractivity contribution in [2.24, 2.45) is 0 Å². The Kier molecular flexibility index (Phi) is 3.15. The molecule has 0 aliphatic carbocycles. The quantitative estimate of drug-likeness (QED) is 0.807. The summed E-state index contributed by atoms with van der Waals surface area (Å²) in [5.41, 5.74) is 1.00. The zero-order valence-electron chi connectivity index (χ0n) is 8.94. The van der Waals surface area contributed by atoms with E-state index in [0.29, 0.717) is 23.9 Å². The van der Waals surface area contributed by atoms with Gasteiger partial charge in [-0.05, 0) is 17.7 Å². The van der Waals surface area contributed by atoms with Crippen LogP contribution in [0, 0.1) is 0 Å². The molecule has 0 aromatic heterocycles. The third-order valence-corrected chi connectivity index (χ3v) is 2.78. The molecule has 84 valence electrons. The molecule has 4 heteroatoms. The minimum atomic E-state index is 0.0481. The average Bonchev–Trinajstić information content (AvgIpc) is 2.65. The molecule has 3 nitrogen and oxygen atoms in total. The molecule has 1 aromatic carbocycles. The Hall–Kier alpha value is -1.48. The second-order valence-electron chi connectivity index (χ2n) is 3.59. The minimum Gasteiger partial charge on any atom is -0.495 e. The number of carbonyl (C=O) groups excluding carboxylic acids is 1. The number of carbonyl (C=O) groups is 1. The van der Waals surface area contributed by atoms with Gasteiger partial charge < -0.3 is 9.64 Å². The number of ether oxygens (including phenoxy) is 1. The van der Waals surface area contributed by atoms with E-state index >= 15 is 0 Å². The molecule has 1 aliphatic rings. The Morgan fingerprint density at radius 2 is 2.31 bits per heavy atom. The number of hydrogen-bond donors (Lipinski definition) is 0. The van der Waals surface area contributed by atoms with Crippen LogP contribution in [-0.2, 0) is 11.3 Å². The molecular weight excluding hydrogens is 226 g/mol. The molecule has 0 saturated heterocycles. The second-order valence-corrected chi connectivity index (χ2v) is 4.00. The van der Waals surface area contributed by atoms with Crippen LogP contribution in [0.3, 0.4) is 0 Å². The molecule has 0 saturated carbocycles. The first kappa shape index (κ1) is 11.0. The molecular formula is C12H12ClNO2. The van der Waals surface area contributed by atoms with Gasteiger partial charge in [-0.1, -0.05) is 23.7 Å². The summed E-state index contributed by atoms with van der Waals surface area (Å²) >= 11 is 6.01. The maximum absolute atomic E-state index is 11.4. The van der Waals surface area contributed by atoms with Gasteiger partial charge in [-0.2, -0.15) is 0 Å². The summed E-state index contributed by atoms with van der Waals surface area (Å²) in [4.78, 5) is 13.1. The van der Waals surface area contributed by atoms with Gasteiger partial charge in [-0.15, -0.1) is 0 Å². The number of benzene rings is 1. The van der Waals surface area contributed by atoms with Crippen LogP contribution in [0.2, 0.25) is 5.02 Å². The van der Waals surface area contributed by atoms with Gasteiger partial charge in [0.05, 0.1) is 12.1 Å². The maximum Gasteiger partial charge on any atom is 0.246 e. The van der Waals surface area contributed by atoms with Crippen LogP contribution in [0.5, 0.6) is 5.75 Å². The highest BCUT2D eigenvalue weighted by molar-refractivity contribution is 6.32. The van der Waals surface area contributed by atoms with Crippen molar-refractivity contribution in [1.29, 1.82) is 0 Å². The first-order valence-corrected chi connectivity index (χ1v) is 5.36. The van der Waals surface area contributed by atoms with Gasteiger partial charge in [0.15, 0.2) is 0 Å². The van der Waals surface area contributed by atoms with E-state index in [2.05, 4.69) is 0 Å². The van der Waals surface area contributed by atoms with Gasteiger partial charge in [-0.3, -0.25) is 4.79 Å². The van der Waals surface area contributed by atoms with Crippen molar-refractivity contribution in [3.63, 3.8) is 0 Å². The maximum atomic E-state index is 11.4. The lowest BCUT2D eigenvalue weighted by Gasteiger charge is -2.16. The van der Waals surface area contributed by atoms with Gasteiger partial charge in [0.1, 0.15) is 5.75 Å². The van der Waals surface area contributed by atoms with Crippen LogP contribution in [0.1, 0.15) is 5.56 Å². The molecule has 2 rings (SSSR count). The topological polar surface area (TPSA) is 29.5 Å². The van der Waals surface area contributed by atoms with Gasteiger partial charge in [0.2, 0.25) is 5.91 Å². The molecule has 16 heavy (non-hydrogen) atoms. The van der Waals surface area contributed by atoms with Crippen LogP contribution >= 0.6 is 11.6 Å². The Labute approximate surface area is 99.3 Å². The van der Waals surface area contributed by atoms with Crippen molar-refractivity contribution in [1.82, 2.24) is 4.90 Å². The van der Waals surface area contributed by atoms with Crippen molar-refractivity contribution in [2.45, 2.75) is 6.54 Å². The summed E-state index contributed by atoms with van der Waals surface area (Å²) in [6.45, 7) is 1.25. The largest absolute Gasteiger partial charge is 0.495 e. The van der Waals surface area contributed by atoms with E-state index in [1.807, 2.05) is 24.3 Å². The fraction of sp³-hybridized carbons (Fsp3) is 0.250. The van der Waals surface area contributed by atoms with Crippen LogP contribution in [0.4, 0.5) is 0 Å². The van der Waals surface area contributed by atoms with Gasteiger partial charge >= 0.3 is 0 Å². The van der Waals surface area contributed by atoms with E-state index < -0.39 is 0 Å². The molecule has 0 bridgehead atoms. The molecule has 0 spiro atoms.